The Bertz CT molecular complexity index is 537. The molecule has 1 unspecified atom stereocenters. The van der Waals surface area contributed by atoms with E-state index >= 15 is 0 Å². The Hall–Kier alpha value is -1.62. The summed E-state index contributed by atoms with van der Waals surface area (Å²) in [6.45, 7) is 6.74. The number of nitro benzene ring substituents is 1. The molecule has 1 atom stereocenters. The van der Waals surface area contributed by atoms with Gasteiger partial charge < -0.3 is 10.0 Å². The third kappa shape index (κ3) is 4.44. The molecule has 1 aromatic rings. The zero-order chi connectivity index (χ0) is 17.0. The third-order valence-electron chi connectivity index (χ3n) is 4.57. The second kappa shape index (κ2) is 7.77. The number of hydrogen-bond donors (Lipinski definition) is 1. The second-order valence-corrected chi connectivity index (χ2v) is 7.02. The average Bonchev–Trinajstić information content (AvgIpc) is 2.52. The molecule has 0 spiro atoms. The van der Waals surface area contributed by atoms with Gasteiger partial charge in [0.05, 0.1) is 11.0 Å². The average molecular weight is 320 g/mol. The van der Waals surface area contributed by atoms with Crippen molar-refractivity contribution in [3.05, 3.63) is 33.9 Å². The third-order valence-corrected chi connectivity index (χ3v) is 4.57. The molecular weight excluding hydrogens is 292 g/mol. The van der Waals surface area contributed by atoms with E-state index in [0.29, 0.717) is 23.2 Å². The summed E-state index contributed by atoms with van der Waals surface area (Å²) in [6, 6.07) is 5.53. The smallest absolute Gasteiger partial charge is 0.292 e. The minimum atomic E-state index is -0.698. The van der Waals surface area contributed by atoms with Gasteiger partial charge in [-0.2, -0.15) is 0 Å². The molecule has 5 heteroatoms. The molecule has 2 rings (SSSR count). The number of aliphatic hydroxyl groups is 1. The molecule has 1 aromatic carbocycles. The topological polar surface area (TPSA) is 66.6 Å². The van der Waals surface area contributed by atoms with Crippen LogP contribution in [0.25, 0.3) is 0 Å². The number of hydrogen-bond acceptors (Lipinski definition) is 4. The van der Waals surface area contributed by atoms with Crippen LogP contribution >= 0.6 is 0 Å². The summed E-state index contributed by atoms with van der Waals surface area (Å²) in [7, 11) is 0. The highest BCUT2D eigenvalue weighted by Crippen LogP contribution is 2.36. The van der Waals surface area contributed by atoms with E-state index in [1.807, 2.05) is 12.1 Å². The molecule has 23 heavy (non-hydrogen) atoms. The molecule has 128 valence electrons. The standard InChI is InChI=1S/C18H28N2O3/c1-13(2)12-19(16-7-5-4-6-8-16)17-10-9-15(14(3)21)11-18(17)20(22)23/h9-11,13-14,16,21H,4-8,12H2,1-3H3. The molecular formula is C18H28N2O3. The van der Waals surface area contributed by atoms with Crippen molar-refractivity contribution < 1.29 is 10.0 Å². The lowest BCUT2D eigenvalue weighted by Crippen LogP contribution is -2.39. The molecule has 0 aliphatic heterocycles. The van der Waals surface area contributed by atoms with Gasteiger partial charge in [-0.15, -0.1) is 0 Å². The molecule has 0 aromatic heterocycles. The first-order chi connectivity index (χ1) is 10.9. The van der Waals surface area contributed by atoms with Gasteiger partial charge in [-0.25, -0.2) is 0 Å². The molecule has 1 aliphatic rings. The van der Waals surface area contributed by atoms with Crippen LogP contribution in [0.3, 0.4) is 0 Å². The van der Waals surface area contributed by atoms with Crippen LogP contribution in [-0.2, 0) is 0 Å². The Kier molecular flexibility index (Phi) is 5.99. The maximum absolute atomic E-state index is 11.6. The van der Waals surface area contributed by atoms with Gasteiger partial charge in [-0.05, 0) is 37.3 Å². The van der Waals surface area contributed by atoms with Gasteiger partial charge in [0.2, 0.25) is 0 Å². The number of nitrogens with zero attached hydrogens (tertiary/aromatic N) is 2. The van der Waals surface area contributed by atoms with Crippen molar-refractivity contribution in [3.63, 3.8) is 0 Å². The lowest BCUT2D eigenvalue weighted by Gasteiger charge is -2.37. The van der Waals surface area contributed by atoms with Gasteiger partial charge in [-0.3, -0.25) is 10.1 Å². The number of aliphatic hydroxyl groups excluding tert-OH is 1. The predicted molar refractivity (Wildman–Crippen MR) is 92.8 cm³/mol. The van der Waals surface area contributed by atoms with Crippen LogP contribution in [0.15, 0.2) is 18.2 Å². The van der Waals surface area contributed by atoms with Crippen molar-refractivity contribution in [1.82, 2.24) is 0 Å². The van der Waals surface area contributed by atoms with Crippen molar-refractivity contribution in [2.24, 2.45) is 5.92 Å². The molecule has 1 fully saturated rings. The Morgan fingerprint density at radius 1 is 1.26 bits per heavy atom. The highest BCUT2D eigenvalue weighted by molar-refractivity contribution is 5.65. The number of nitro groups is 1. The monoisotopic (exact) mass is 320 g/mol. The summed E-state index contributed by atoms with van der Waals surface area (Å²) < 4.78 is 0. The zero-order valence-electron chi connectivity index (χ0n) is 14.4. The van der Waals surface area contributed by atoms with Gasteiger partial charge >= 0.3 is 0 Å². The number of anilines is 1. The largest absolute Gasteiger partial charge is 0.389 e. The van der Waals surface area contributed by atoms with Crippen LogP contribution in [0.5, 0.6) is 0 Å². The summed E-state index contributed by atoms with van der Waals surface area (Å²) in [6.07, 6.45) is 5.15. The minimum absolute atomic E-state index is 0.106. The van der Waals surface area contributed by atoms with Crippen LogP contribution in [0.2, 0.25) is 0 Å². The van der Waals surface area contributed by atoms with Gasteiger partial charge in [0.1, 0.15) is 5.69 Å². The van der Waals surface area contributed by atoms with Gasteiger partial charge in [-0.1, -0.05) is 39.2 Å². The maximum Gasteiger partial charge on any atom is 0.292 e. The first-order valence-electron chi connectivity index (χ1n) is 8.63. The SMILES string of the molecule is CC(C)CN(c1ccc(C(C)O)cc1[N+](=O)[O-])C1CCCCC1. The van der Waals surface area contributed by atoms with E-state index in [0.717, 1.165) is 19.4 Å². The maximum atomic E-state index is 11.6. The molecule has 1 aliphatic carbocycles. The Labute approximate surface area is 138 Å². The Balaban J connectivity index is 2.41. The highest BCUT2D eigenvalue weighted by atomic mass is 16.6. The van der Waals surface area contributed by atoms with Crippen LogP contribution in [0.4, 0.5) is 11.4 Å². The molecule has 1 saturated carbocycles. The first-order valence-corrected chi connectivity index (χ1v) is 8.63. The summed E-state index contributed by atoms with van der Waals surface area (Å²) in [5, 5.41) is 21.3. The van der Waals surface area contributed by atoms with E-state index in [9.17, 15) is 15.2 Å². The van der Waals surface area contributed by atoms with Gasteiger partial charge in [0.25, 0.3) is 5.69 Å². The fourth-order valence-electron chi connectivity index (χ4n) is 3.42. The van der Waals surface area contributed by atoms with Crippen molar-refractivity contribution >= 4 is 11.4 Å². The summed E-state index contributed by atoms with van der Waals surface area (Å²) in [4.78, 5) is 13.5. The molecule has 0 saturated heterocycles. The van der Waals surface area contributed by atoms with Crippen molar-refractivity contribution in [1.29, 1.82) is 0 Å². The summed E-state index contributed by atoms with van der Waals surface area (Å²) >= 11 is 0. The van der Waals surface area contributed by atoms with Gasteiger partial charge in [0.15, 0.2) is 0 Å². The predicted octanol–water partition coefficient (Wildman–Crippen LogP) is 4.44. The van der Waals surface area contributed by atoms with E-state index in [1.165, 1.54) is 25.3 Å². The Morgan fingerprint density at radius 2 is 1.91 bits per heavy atom. The molecule has 5 nitrogen and oxygen atoms in total. The van der Waals surface area contributed by atoms with Crippen LogP contribution in [-0.4, -0.2) is 22.6 Å². The van der Waals surface area contributed by atoms with E-state index in [2.05, 4.69) is 18.7 Å². The fraction of sp³-hybridized carbons (Fsp3) is 0.667. The lowest BCUT2D eigenvalue weighted by molar-refractivity contribution is -0.384. The lowest BCUT2D eigenvalue weighted by atomic mass is 9.92. The molecule has 1 N–H and O–H groups in total. The zero-order valence-corrected chi connectivity index (χ0v) is 14.4. The molecule has 0 heterocycles. The molecule has 0 amide bonds. The second-order valence-electron chi connectivity index (χ2n) is 7.02. The fourth-order valence-corrected chi connectivity index (χ4v) is 3.42. The summed E-state index contributed by atoms with van der Waals surface area (Å²) in [5.41, 5.74) is 1.39. The number of benzene rings is 1. The quantitative estimate of drug-likeness (QED) is 0.621. The van der Waals surface area contributed by atoms with Crippen LogP contribution in [0.1, 0.15) is 64.5 Å². The van der Waals surface area contributed by atoms with Crippen LogP contribution < -0.4 is 4.90 Å². The van der Waals surface area contributed by atoms with Crippen LogP contribution in [0, 0.1) is 16.0 Å². The van der Waals surface area contributed by atoms with Crippen molar-refractivity contribution in [3.8, 4) is 0 Å². The van der Waals surface area contributed by atoms with E-state index in [4.69, 9.17) is 0 Å². The molecule has 0 bridgehead atoms. The number of rotatable bonds is 6. The van der Waals surface area contributed by atoms with Crippen molar-refractivity contribution in [2.45, 2.75) is 65.0 Å². The molecule has 0 radical (unpaired) electrons. The van der Waals surface area contributed by atoms with E-state index < -0.39 is 6.10 Å². The minimum Gasteiger partial charge on any atom is -0.389 e. The van der Waals surface area contributed by atoms with E-state index in [-0.39, 0.29) is 10.6 Å². The van der Waals surface area contributed by atoms with E-state index in [1.54, 1.807) is 6.92 Å². The summed E-state index contributed by atoms with van der Waals surface area (Å²) in [5.74, 6) is 0.438. The first kappa shape index (κ1) is 17.7. The highest BCUT2D eigenvalue weighted by Gasteiger charge is 2.28. The normalized spacial score (nSPS) is 17.3. The van der Waals surface area contributed by atoms with Gasteiger partial charge in [0, 0.05) is 18.7 Å². The Morgan fingerprint density at radius 3 is 2.43 bits per heavy atom. The van der Waals surface area contributed by atoms with Crippen molar-refractivity contribution in [2.75, 3.05) is 11.4 Å².